The zero-order chi connectivity index (χ0) is 14.7. The lowest BCUT2D eigenvalue weighted by Gasteiger charge is -2.25. The first kappa shape index (κ1) is 15.1. The zero-order valence-electron chi connectivity index (χ0n) is 11.1. The van der Waals surface area contributed by atoms with Crippen LogP contribution in [0, 0.1) is 0 Å². The van der Waals surface area contributed by atoms with Crippen molar-refractivity contribution in [2.24, 2.45) is 0 Å². The second-order valence-electron chi connectivity index (χ2n) is 4.90. The van der Waals surface area contributed by atoms with Gasteiger partial charge in [0.2, 0.25) is 0 Å². The molecule has 110 valence electrons. The number of amides is 2. The summed E-state index contributed by atoms with van der Waals surface area (Å²) in [5, 5.41) is 11.8. The van der Waals surface area contributed by atoms with Crippen LogP contribution in [0.15, 0.2) is 12.1 Å². The minimum absolute atomic E-state index is 0.00658. The quantitative estimate of drug-likeness (QED) is 0.896. The van der Waals surface area contributed by atoms with Crippen LogP contribution < -0.4 is 5.32 Å². The Balaban J connectivity index is 1.95. The molecular formula is C13H17ClN2O3S. The summed E-state index contributed by atoms with van der Waals surface area (Å²) < 4.78 is 0.686. The lowest BCUT2D eigenvalue weighted by Crippen LogP contribution is -2.44. The van der Waals surface area contributed by atoms with E-state index >= 15 is 0 Å². The summed E-state index contributed by atoms with van der Waals surface area (Å²) in [7, 11) is 0. The number of nitrogens with one attached hydrogen (secondary N) is 1. The van der Waals surface area contributed by atoms with E-state index in [-0.39, 0.29) is 24.5 Å². The monoisotopic (exact) mass is 316 g/mol. The van der Waals surface area contributed by atoms with Gasteiger partial charge in [0.1, 0.15) is 0 Å². The molecule has 2 rings (SSSR count). The molecule has 1 aliphatic rings. The van der Waals surface area contributed by atoms with E-state index in [0.717, 1.165) is 17.7 Å². The molecule has 7 heteroatoms. The number of urea groups is 1. The molecule has 2 unspecified atom stereocenters. The van der Waals surface area contributed by atoms with Gasteiger partial charge in [-0.1, -0.05) is 11.6 Å². The maximum absolute atomic E-state index is 12.2. The molecule has 0 aliphatic carbocycles. The molecule has 20 heavy (non-hydrogen) atoms. The molecule has 2 heterocycles. The molecule has 2 atom stereocenters. The molecule has 1 aromatic heterocycles. The number of carboxylic acid groups (broad SMARTS) is 1. The number of hydrogen-bond donors (Lipinski definition) is 2. The Morgan fingerprint density at radius 1 is 1.60 bits per heavy atom. The molecule has 0 spiro atoms. The highest BCUT2D eigenvalue weighted by atomic mass is 35.5. The van der Waals surface area contributed by atoms with Crippen molar-refractivity contribution in [2.75, 3.05) is 6.54 Å². The number of nitrogens with zero attached hydrogens (tertiary/aromatic N) is 1. The zero-order valence-corrected chi connectivity index (χ0v) is 12.7. The third kappa shape index (κ3) is 3.64. The number of rotatable bonds is 4. The van der Waals surface area contributed by atoms with Crippen molar-refractivity contribution < 1.29 is 14.7 Å². The normalized spacial score (nSPS) is 19.9. The lowest BCUT2D eigenvalue weighted by atomic mass is 10.1. The SMILES string of the molecule is CC(NC(=O)N1CCCC1CC(=O)O)c1ccc(Cl)s1. The van der Waals surface area contributed by atoms with Crippen molar-refractivity contribution in [1.29, 1.82) is 0 Å². The van der Waals surface area contributed by atoms with E-state index in [9.17, 15) is 9.59 Å². The summed E-state index contributed by atoms with van der Waals surface area (Å²) in [6, 6.07) is 3.15. The Bertz CT molecular complexity index is 506. The maximum atomic E-state index is 12.2. The molecule has 5 nitrogen and oxygen atoms in total. The van der Waals surface area contributed by atoms with E-state index in [1.807, 2.05) is 13.0 Å². The van der Waals surface area contributed by atoms with Gasteiger partial charge in [-0.2, -0.15) is 0 Å². The first-order chi connectivity index (χ1) is 9.47. The second-order valence-corrected chi connectivity index (χ2v) is 6.65. The highest BCUT2D eigenvalue weighted by Crippen LogP contribution is 2.27. The molecule has 2 amide bonds. The Kier molecular flexibility index (Phi) is 4.88. The fraction of sp³-hybridized carbons (Fsp3) is 0.538. The fourth-order valence-electron chi connectivity index (χ4n) is 2.42. The Hall–Kier alpha value is -1.27. The molecular weight excluding hydrogens is 300 g/mol. The molecule has 0 saturated carbocycles. The molecule has 0 radical (unpaired) electrons. The summed E-state index contributed by atoms with van der Waals surface area (Å²) in [6.07, 6.45) is 1.61. The summed E-state index contributed by atoms with van der Waals surface area (Å²) >= 11 is 7.31. The van der Waals surface area contributed by atoms with Crippen LogP contribution >= 0.6 is 22.9 Å². The molecule has 2 N–H and O–H groups in total. The third-order valence-corrected chi connectivity index (χ3v) is 4.82. The molecule has 1 saturated heterocycles. The van der Waals surface area contributed by atoms with Crippen LogP contribution in [0.3, 0.4) is 0 Å². The van der Waals surface area contributed by atoms with Crippen molar-refractivity contribution in [2.45, 2.75) is 38.3 Å². The largest absolute Gasteiger partial charge is 0.481 e. The van der Waals surface area contributed by atoms with Gasteiger partial charge in [-0.25, -0.2) is 4.79 Å². The predicted molar refractivity (Wildman–Crippen MR) is 78.3 cm³/mol. The van der Waals surface area contributed by atoms with Crippen LogP contribution in [-0.2, 0) is 4.79 Å². The van der Waals surface area contributed by atoms with Gasteiger partial charge in [0.05, 0.1) is 16.8 Å². The summed E-state index contributed by atoms with van der Waals surface area (Å²) in [4.78, 5) is 25.6. The Labute approximate surface area is 126 Å². The number of carbonyl (C=O) groups excluding carboxylic acids is 1. The number of hydrogen-bond acceptors (Lipinski definition) is 3. The number of carboxylic acids is 1. The van der Waals surface area contributed by atoms with Gasteiger partial charge >= 0.3 is 12.0 Å². The van der Waals surface area contributed by atoms with Crippen LogP contribution in [0.5, 0.6) is 0 Å². The summed E-state index contributed by atoms with van der Waals surface area (Å²) in [5.41, 5.74) is 0. The topological polar surface area (TPSA) is 69.6 Å². The molecule has 1 aromatic rings. The average Bonchev–Trinajstić information content (AvgIpc) is 2.97. The Morgan fingerprint density at radius 3 is 2.95 bits per heavy atom. The number of halogens is 1. The van der Waals surface area contributed by atoms with E-state index in [4.69, 9.17) is 16.7 Å². The first-order valence-electron chi connectivity index (χ1n) is 6.51. The van der Waals surface area contributed by atoms with Gasteiger partial charge in [-0.05, 0) is 31.9 Å². The standard InChI is InChI=1S/C13H17ClN2O3S/c1-8(10-4-5-11(14)20-10)15-13(19)16-6-2-3-9(16)7-12(17)18/h4-5,8-9H,2-3,6-7H2,1H3,(H,15,19)(H,17,18). The maximum Gasteiger partial charge on any atom is 0.318 e. The molecule has 1 fully saturated rings. The fourth-order valence-corrected chi connectivity index (χ4v) is 3.48. The van der Waals surface area contributed by atoms with Crippen molar-refractivity contribution in [1.82, 2.24) is 10.2 Å². The van der Waals surface area contributed by atoms with Crippen LogP contribution in [0.25, 0.3) is 0 Å². The third-order valence-electron chi connectivity index (χ3n) is 3.41. The molecule has 0 aromatic carbocycles. The Morgan fingerprint density at radius 2 is 2.35 bits per heavy atom. The van der Waals surface area contributed by atoms with Gasteiger partial charge in [-0.3, -0.25) is 4.79 Å². The van der Waals surface area contributed by atoms with Crippen molar-refractivity contribution in [3.05, 3.63) is 21.3 Å². The van der Waals surface area contributed by atoms with Crippen LogP contribution in [0.2, 0.25) is 4.34 Å². The van der Waals surface area contributed by atoms with Crippen LogP contribution in [-0.4, -0.2) is 34.6 Å². The van der Waals surface area contributed by atoms with Crippen molar-refractivity contribution >= 4 is 34.9 Å². The smallest absolute Gasteiger partial charge is 0.318 e. The predicted octanol–water partition coefficient (Wildman–Crippen LogP) is 3.11. The van der Waals surface area contributed by atoms with Crippen molar-refractivity contribution in [3.8, 4) is 0 Å². The minimum atomic E-state index is -0.868. The molecule has 1 aliphatic heterocycles. The molecule has 0 bridgehead atoms. The first-order valence-corrected chi connectivity index (χ1v) is 7.71. The van der Waals surface area contributed by atoms with E-state index in [1.165, 1.54) is 11.3 Å². The number of carbonyl (C=O) groups is 2. The van der Waals surface area contributed by atoms with Crippen LogP contribution in [0.4, 0.5) is 4.79 Å². The van der Waals surface area contributed by atoms with E-state index in [2.05, 4.69) is 5.32 Å². The van der Waals surface area contributed by atoms with Gasteiger partial charge < -0.3 is 15.3 Å². The number of aliphatic carboxylic acids is 1. The number of thiophene rings is 1. The van der Waals surface area contributed by atoms with E-state index in [0.29, 0.717) is 10.9 Å². The highest BCUT2D eigenvalue weighted by molar-refractivity contribution is 7.16. The van der Waals surface area contributed by atoms with Gasteiger partial charge in [0.15, 0.2) is 0 Å². The average molecular weight is 317 g/mol. The summed E-state index contributed by atoms with van der Waals surface area (Å²) in [6.45, 7) is 2.50. The number of likely N-dealkylation sites (tertiary alicyclic amines) is 1. The summed E-state index contributed by atoms with van der Waals surface area (Å²) in [5.74, 6) is -0.868. The second kappa shape index (κ2) is 6.45. The van der Waals surface area contributed by atoms with E-state index in [1.54, 1.807) is 11.0 Å². The van der Waals surface area contributed by atoms with E-state index < -0.39 is 5.97 Å². The van der Waals surface area contributed by atoms with Crippen molar-refractivity contribution in [3.63, 3.8) is 0 Å². The minimum Gasteiger partial charge on any atom is -0.481 e. The lowest BCUT2D eigenvalue weighted by molar-refractivity contribution is -0.137. The van der Waals surface area contributed by atoms with Gasteiger partial charge in [0, 0.05) is 17.5 Å². The van der Waals surface area contributed by atoms with Crippen LogP contribution in [0.1, 0.15) is 37.1 Å². The highest BCUT2D eigenvalue weighted by Gasteiger charge is 2.31. The van der Waals surface area contributed by atoms with Gasteiger partial charge in [-0.15, -0.1) is 11.3 Å². The van der Waals surface area contributed by atoms with Gasteiger partial charge in [0.25, 0.3) is 0 Å².